The molecule has 1 saturated carbocycles. The molecule has 3 N–H and O–H groups in total. The number of carboxylic acids is 1. The van der Waals surface area contributed by atoms with Crippen molar-refractivity contribution in [1.29, 1.82) is 0 Å². The minimum Gasteiger partial charge on any atom is -0.496 e. The van der Waals surface area contributed by atoms with Crippen molar-refractivity contribution < 1.29 is 24.2 Å². The Hall–Kier alpha value is -3.05. The molecule has 2 heterocycles. The molecule has 1 aliphatic carbocycles. The zero-order valence-corrected chi connectivity index (χ0v) is 22.8. The molecule has 2 aromatic rings. The van der Waals surface area contributed by atoms with Crippen LogP contribution in [0.25, 0.3) is 0 Å². The summed E-state index contributed by atoms with van der Waals surface area (Å²) in [6.45, 7) is 1.68. The lowest BCUT2D eigenvalue weighted by Gasteiger charge is -2.31. The summed E-state index contributed by atoms with van der Waals surface area (Å²) in [5.74, 6) is 0.133. The van der Waals surface area contributed by atoms with Crippen molar-refractivity contribution in [2.45, 2.75) is 50.2 Å². The first-order chi connectivity index (χ1) is 18.4. The number of H-pyrrole nitrogens is 1. The van der Waals surface area contributed by atoms with Gasteiger partial charge in [-0.15, -0.1) is 0 Å². The van der Waals surface area contributed by atoms with Crippen LogP contribution in [0, 0.1) is 5.92 Å². The Morgan fingerprint density at radius 1 is 1.34 bits per heavy atom. The molecule has 0 bridgehead atoms. The summed E-state index contributed by atoms with van der Waals surface area (Å²) < 4.78 is 5.53. The number of nitrogens with one attached hydrogen (secondary N) is 2. The second-order valence-electron chi connectivity index (χ2n) is 10.1. The molecule has 0 spiro atoms. The molecule has 206 valence electrons. The summed E-state index contributed by atoms with van der Waals surface area (Å²) >= 11 is 1.58. The predicted molar refractivity (Wildman–Crippen MR) is 145 cm³/mol. The Kier molecular flexibility index (Phi) is 9.32. The van der Waals surface area contributed by atoms with Gasteiger partial charge >= 0.3 is 5.97 Å². The van der Waals surface area contributed by atoms with Crippen molar-refractivity contribution in [2.24, 2.45) is 5.92 Å². The second-order valence-corrected chi connectivity index (χ2v) is 11.0. The number of hydrogen-bond acceptors (Lipinski definition) is 7. The SMILES string of the molecule is COc1ccccc1CN(CC(=O)NC1(C(=O)O)CC1CSC)C[C@@H]1CCCN1C(=O)CCc1cnc[nH]1. The van der Waals surface area contributed by atoms with Crippen molar-refractivity contribution in [3.63, 3.8) is 0 Å². The number of nitrogens with zero attached hydrogens (tertiary/aromatic N) is 3. The normalized spacial score (nSPS) is 22.4. The molecule has 0 radical (unpaired) electrons. The number of aryl methyl sites for hydroxylation is 1. The number of methoxy groups -OCH3 is 1. The summed E-state index contributed by atoms with van der Waals surface area (Å²) in [6, 6.07) is 7.63. The highest BCUT2D eigenvalue weighted by Gasteiger charge is 2.61. The number of carbonyl (C=O) groups is 3. The number of ether oxygens (including phenoxy) is 1. The number of aromatic amines is 1. The minimum absolute atomic E-state index is 0.0228. The van der Waals surface area contributed by atoms with E-state index < -0.39 is 11.5 Å². The van der Waals surface area contributed by atoms with Crippen LogP contribution in [0.4, 0.5) is 0 Å². The molecule has 1 saturated heterocycles. The standard InChI is InChI=1S/C27H37N5O5S/c1-37-23-8-4-3-6-19(23)14-31(16-24(33)30-27(26(35)36)12-20(27)17-38-2)15-22-7-5-11-32(22)25(34)10-9-21-13-28-18-29-21/h3-4,6,8,13,18,20,22H,5,7,9-12,14-17H2,1-2H3,(H,28,29)(H,30,33)(H,35,36)/t20?,22-,27?/m0/s1. The van der Waals surface area contributed by atoms with E-state index >= 15 is 0 Å². The lowest BCUT2D eigenvalue weighted by molar-refractivity contribution is -0.144. The summed E-state index contributed by atoms with van der Waals surface area (Å²) in [6.07, 6.45) is 8.48. The second kappa shape index (κ2) is 12.7. The molecule has 1 aromatic heterocycles. The van der Waals surface area contributed by atoms with Crippen LogP contribution in [0.1, 0.15) is 36.9 Å². The van der Waals surface area contributed by atoms with Crippen LogP contribution in [0.15, 0.2) is 36.8 Å². The number of rotatable bonds is 14. The topological polar surface area (TPSA) is 128 Å². The lowest BCUT2D eigenvalue weighted by Crippen LogP contribution is -2.50. The van der Waals surface area contributed by atoms with Crippen molar-refractivity contribution in [3.05, 3.63) is 48.0 Å². The molecule has 1 aromatic carbocycles. The molecule has 2 amide bonds. The number of benzene rings is 1. The highest BCUT2D eigenvalue weighted by molar-refractivity contribution is 7.98. The van der Waals surface area contributed by atoms with Crippen LogP contribution in [-0.2, 0) is 27.3 Å². The van der Waals surface area contributed by atoms with E-state index in [1.54, 1.807) is 31.4 Å². The number of carboxylic acid groups (broad SMARTS) is 1. The van der Waals surface area contributed by atoms with Gasteiger partial charge in [-0.3, -0.25) is 14.5 Å². The molecular weight excluding hydrogens is 506 g/mol. The Bertz CT molecular complexity index is 1110. The van der Waals surface area contributed by atoms with Gasteiger partial charge in [0.2, 0.25) is 11.8 Å². The van der Waals surface area contributed by atoms with Crippen LogP contribution in [0.2, 0.25) is 0 Å². The van der Waals surface area contributed by atoms with E-state index in [2.05, 4.69) is 15.3 Å². The van der Waals surface area contributed by atoms with E-state index in [1.807, 2.05) is 40.3 Å². The molecule has 38 heavy (non-hydrogen) atoms. The van der Waals surface area contributed by atoms with E-state index in [9.17, 15) is 19.5 Å². The third-order valence-corrected chi connectivity index (χ3v) is 8.24. The molecule has 10 nitrogen and oxygen atoms in total. The highest BCUT2D eigenvalue weighted by Crippen LogP contribution is 2.45. The van der Waals surface area contributed by atoms with Crippen LogP contribution < -0.4 is 10.1 Å². The Morgan fingerprint density at radius 2 is 2.16 bits per heavy atom. The van der Waals surface area contributed by atoms with E-state index in [1.165, 1.54) is 0 Å². The van der Waals surface area contributed by atoms with Gasteiger partial charge in [-0.05, 0) is 43.8 Å². The number of thioether (sulfide) groups is 1. The zero-order chi connectivity index (χ0) is 27.1. The average Bonchev–Trinajstić information content (AvgIpc) is 3.23. The van der Waals surface area contributed by atoms with Gasteiger partial charge in [-0.25, -0.2) is 9.78 Å². The Labute approximate surface area is 227 Å². The largest absolute Gasteiger partial charge is 0.496 e. The molecule has 2 aliphatic rings. The van der Waals surface area contributed by atoms with Gasteiger partial charge in [0.05, 0.1) is 20.0 Å². The van der Waals surface area contributed by atoms with Crippen LogP contribution >= 0.6 is 11.8 Å². The summed E-state index contributed by atoms with van der Waals surface area (Å²) in [7, 11) is 1.61. The van der Waals surface area contributed by atoms with Gasteiger partial charge in [0.15, 0.2) is 0 Å². The maximum atomic E-state index is 13.2. The monoisotopic (exact) mass is 543 g/mol. The highest BCUT2D eigenvalue weighted by atomic mass is 32.2. The van der Waals surface area contributed by atoms with E-state index in [0.29, 0.717) is 44.6 Å². The smallest absolute Gasteiger partial charge is 0.329 e. The quantitative estimate of drug-likeness (QED) is 0.331. The molecule has 1 aliphatic heterocycles. The van der Waals surface area contributed by atoms with Gasteiger partial charge in [0, 0.05) is 55.5 Å². The number of likely N-dealkylation sites (tertiary alicyclic amines) is 1. The van der Waals surface area contributed by atoms with Crippen molar-refractivity contribution in [1.82, 2.24) is 25.1 Å². The number of hydrogen-bond donors (Lipinski definition) is 3. The number of amides is 2. The van der Waals surface area contributed by atoms with Gasteiger partial charge in [0.1, 0.15) is 11.3 Å². The predicted octanol–water partition coefficient (Wildman–Crippen LogP) is 2.17. The third kappa shape index (κ3) is 6.68. The maximum absolute atomic E-state index is 13.2. The Morgan fingerprint density at radius 3 is 2.87 bits per heavy atom. The average molecular weight is 544 g/mol. The van der Waals surface area contributed by atoms with Gasteiger partial charge in [0.25, 0.3) is 0 Å². The number of aliphatic carboxylic acids is 1. The fraction of sp³-hybridized carbons (Fsp3) is 0.556. The first-order valence-electron chi connectivity index (χ1n) is 13.0. The van der Waals surface area contributed by atoms with Gasteiger partial charge in [-0.1, -0.05) is 18.2 Å². The molecule has 2 unspecified atom stereocenters. The van der Waals surface area contributed by atoms with Crippen molar-refractivity contribution in [3.8, 4) is 5.75 Å². The van der Waals surface area contributed by atoms with Crippen LogP contribution in [0.5, 0.6) is 5.75 Å². The number of aromatic nitrogens is 2. The maximum Gasteiger partial charge on any atom is 0.329 e. The number of para-hydroxylation sites is 1. The number of carbonyl (C=O) groups excluding carboxylic acids is 2. The zero-order valence-electron chi connectivity index (χ0n) is 22.0. The Balaban J connectivity index is 1.45. The van der Waals surface area contributed by atoms with Crippen molar-refractivity contribution in [2.75, 3.05) is 38.8 Å². The molecular formula is C27H37N5O5S. The molecule has 2 fully saturated rings. The summed E-state index contributed by atoms with van der Waals surface area (Å²) in [5, 5.41) is 12.7. The lowest BCUT2D eigenvalue weighted by atomic mass is 10.1. The van der Waals surface area contributed by atoms with E-state index in [4.69, 9.17) is 4.74 Å². The first-order valence-corrected chi connectivity index (χ1v) is 14.4. The molecule has 4 rings (SSSR count). The van der Waals surface area contributed by atoms with Crippen LogP contribution in [0.3, 0.4) is 0 Å². The fourth-order valence-corrected chi connectivity index (χ4v) is 6.21. The molecule has 3 atom stereocenters. The van der Waals surface area contributed by atoms with E-state index in [-0.39, 0.29) is 30.3 Å². The third-order valence-electron chi connectivity index (χ3n) is 7.50. The summed E-state index contributed by atoms with van der Waals surface area (Å²) in [4.78, 5) is 49.3. The first kappa shape index (κ1) is 28.0. The fourth-order valence-electron chi connectivity index (χ4n) is 5.41. The number of imidazole rings is 1. The summed E-state index contributed by atoms with van der Waals surface area (Å²) in [5.41, 5.74) is 0.673. The van der Waals surface area contributed by atoms with E-state index in [0.717, 1.165) is 29.8 Å². The van der Waals surface area contributed by atoms with Crippen LogP contribution in [-0.4, -0.2) is 93.0 Å². The van der Waals surface area contributed by atoms with Crippen molar-refractivity contribution >= 4 is 29.5 Å². The van der Waals surface area contributed by atoms with Gasteiger partial charge < -0.3 is 25.0 Å². The molecule has 11 heteroatoms. The van der Waals surface area contributed by atoms with Gasteiger partial charge in [-0.2, -0.15) is 11.8 Å². The minimum atomic E-state index is -1.18.